The molecule has 0 radical (unpaired) electrons. The van der Waals surface area contributed by atoms with Crippen molar-refractivity contribution in [3.63, 3.8) is 0 Å². The van der Waals surface area contributed by atoms with Gasteiger partial charge in [-0.2, -0.15) is 0 Å². The summed E-state index contributed by atoms with van der Waals surface area (Å²) >= 11 is 0. The third-order valence-electron chi connectivity index (χ3n) is 5.62. The zero-order valence-electron chi connectivity index (χ0n) is 18.7. The van der Waals surface area contributed by atoms with Crippen molar-refractivity contribution in [1.29, 1.82) is 0 Å². The van der Waals surface area contributed by atoms with E-state index in [1.807, 2.05) is 6.07 Å². The van der Waals surface area contributed by atoms with E-state index in [2.05, 4.69) is 10.6 Å². The van der Waals surface area contributed by atoms with Gasteiger partial charge < -0.3 is 25.0 Å². The number of carbonyl (C=O) groups excluding carboxylic acids is 4. The molecule has 1 atom stereocenters. The fraction of sp³-hybridized carbons (Fsp3) is 0.280. The van der Waals surface area contributed by atoms with Crippen LogP contribution in [0.2, 0.25) is 0 Å². The van der Waals surface area contributed by atoms with Gasteiger partial charge in [-0.25, -0.2) is 14.4 Å². The molecule has 1 fully saturated rings. The molecule has 3 amide bonds. The second-order valence-corrected chi connectivity index (χ2v) is 7.83. The van der Waals surface area contributed by atoms with Gasteiger partial charge >= 0.3 is 18.0 Å². The maximum Gasteiger partial charge on any atom is 0.338 e. The number of hydrogen-bond acceptors (Lipinski definition) is 6. The minimum Gasteiger partial charge on any atom is -0.463 e. The van der Waals surface area contributed by atoms with E-state index < -0.39 is 24.0 Å². The minimum atomic E-state index is -0.750. The van der Waals surface area contributed by atoms with Crippen LogP contribution in [-0.2, 0) is 19.1 Å². The first-order valence-corrected chi connectivity index (χ1v) is 11.1. The Morgan fingerprint density at radius 1 is 1.00 bits per heavy atom. The molecule has 2 aromatic carbocycles. The number of hydrogen-bond donors (Lipinski definition) is 2. The first kappa shape index (κ1) is 23.0. The number of amides is 3. The molecule has 2 aliphatic heterocycles. The van der Waals surface area contributed by atoms with Gasteiger partial charge in [0, 0.05) is 18.7 Å². The van der Waals surface area contributed by atoms with Gasteiger partial charge in [0.05, 0.1) is 29.5 Å². The highest BCUT2D eigenvalue weighted by Gasteiger charge is 2.34. The average Bonchev–Trinajstić information content (AvgIpc) is 3.28. The topological polar surface area (TPSA) is 114 Å². The summed E-state index contributed by atoms with van der Waals surface area (Å²) in [6.45, 7) is 2.17. The molecule has 1 saturated heterocycles. The molecule has 9 heteroatoms. The van der Waals surface area contributed by atoms with Gasteiger partial charge in [0.1, 0.15) is 6.61 Å². The summed E-state index contributed by atoms with van der Waals surface area (Å²) < 4.78 is 10.6. The second-order valence-electron chi connectivity index (χ2n) is 7.83. The van der Waals surface area contributed by atoms with Gasteiger partial charge in [-0.05, 0) is 43.2 Å². The lowest BCUT2D eigenvalue weighted by atomic mass is 9.95. The number of carbonyl (C=O) groups is 4. The normalized spacial score (nSPS) is 17.8. The molecular weight excluding hydrogens is 438 g/mol. The standard InChI is InChI=1S/C25H25N3O6/c1-2-33-24(31)21-19(26-25(32)27-22(21)16-7-4-3-5-8-16)15-34-23(30)17-10-12-18(13-11-17)28-14-6-9-20(28)29/h3-5,7-8,10-13,22H,2,6,9,14-15H2,1H3,(H2,26,27,32)/t22-/m1/s1. The summed E-state index contributed by atoms with van der Waals surface area (Å²) in [4.78, 5) is 51.3. The highest BCUT2D eigenvalue weighted by molar-refractivity contribution is 5.97. The van der Waals surface area contributed by atoms with E-state index in [0.717, 1.165) is 12.1 Å². The van der Waals surface area contributed by atoms with Crippen LogP contribution in [-0.4, -0.2) is 43.6 Å². The molecule has 2 heterocycles. The fourth-order valence-corrected chi connectivity index (χ4v) is 4.00. The maximum atomic E-state index is 12.8. The smallest absolute Gasteiger partial charge is 0.338 e. The molecule has 0 spiro atoms. The molecule has 2 N–H and O–H groups in total. The minimum absolute atomic E-state index is 0.0587. The molecule has 4 rings (SSSR count). The molecule has 0 aliphatic carbocycles. The van der Waals surface area contributed by atoms with E-state index in [1.165, 1.54) is 0 Å². The molecule has 2 aromatic rings. The van der Waals surface area contributed by atoms with Crippen molar-refractivity contribution in [2.75, 3.05) is 24.7 Å². The van der Waals surface area contributed by atoms with Crippen LogP contribution in [0.15, 0.2) is 65.9 Å². The van der Waals surface area contributed by atoms with Crippen LogP contribution >= 0.6 is 0 Å². The van der Waals surface area contributed by atoms with Crippen molar-refractivity contribution in [1.82, 2.24) is 10.6 Å². The van der Waals surface area contributed by atoms with Crippen LogP contribution < -0.4 is 15.5 Å². The highest BCUT2D eigenvalue weighted by atomic mass is 16.5. The summed E-state index contributed by atoms with van der Waals surface area (Å²) in [6.07, 6.45) is 1.33. The third kappa shape index (κ3) is 4.93. The Hall–Kier alpha value is -4.14. The first-order chi connectivity index (χ1) is 16.5. The lowest BCUT2D eigenvalue weighted by Gasteiger charge is -2.29. The Bertz CT molecular complexity index is 1130. The van der Waals surface area contributed by atoms with E-state index >= 15 is 0 Å². The van der Waals surface area contributed by atoms with Crippen molar-refractivity contribution >= 4 is 29.6 Å². The quantitative estimate of drug-likeness (QED) is 0.611. The molecule has 0 unspecified atom stereocenters. The van der Waals surface area contributed by atoms with E-state index in [1.54, 1.807) is 60.4 Å². The van der Waals surface area contributed by atoms with Crippen LogP contribution in [0.3, 0.4) is 0 Å². The summed E-state index contributed by atoms with van der Waals surface area (Å²) in [5, 5.41) is 5.30. The Morgan fingerprint density at radius 2 is 1.74 bits per heavy atom. The molecule has 9 nitrogen and oxygen atoms in total. The summed E-state index contributed by atoms with van der Waals surface area (Å²) in [5.74, 6) is -1.18. The van der Waals surface area contributed by atoms with E-state index in [4.69, 9.17) is 9.47 Å². The Balaban J connectivity index is 1.53. The van der Waals surface area contributed by atoms with Gasteiger partial charge in [0.2, 0.25) is 5.91 Å². The zero-order valence-corrected chi connectivity index (χ0v) is 18.7. The van der Waals surface area contributed by atoms with Crippen LogP contribution in [0.5, 0.6) is 0 Å². The first-order valence-electron chi connectivity index (χ1n) is 11.1. The van der Waals surface area contributed by atoms with Crippen LogP contribution in [0.25, 0.3) is 0 Å². The number of benzene rings is 2. The van der Waals surface area contributed by atoms with E-state index in [-0.39, 0.29) is 36.0 Å². The van der Waals surface area contributed by atoms with Gasteiger partial charge in [-0.3, -0.25) is 4.79 Å². The van der Waals surface area contributed by atoms with Crippen LogP contribution in [0.4, 0.5) is 10.5 Å². The Labute approximate surface area is 196 Å². The van der Waals surface area contributed by atoms with Gasteiger partial charge in [0.15, 0.2) is 0 Å². The summed E-state index contributed by atoms with van der Waals surface area (Å²) in [7, 11) is 0. The monoisotopic (exact) mass is 463 g/mol. The maximum absolute atomic E-state index is 12.8. The summed E-state index contributed by atoms with van der Waals surface area (Å²) in [6, 6.07) is 14.3. The number of nitrogens with zero attached hydrogens (tertiary/aromatic N) is 1. The summed E-state index contributed by atoms with van der Waals surface area (Å²) in [5.41, 5.74) is 2.03. The Kier molecular flexibility index (Phi) is 6.91. The predicted molar refractivity (Wildman–Crippen MR) is 123 cm³/mol. The largest absolute Gasteiger partial charge is 0.463 e. The molecule has 0 bridgehead atoms. The number of rotatable bonds is 7. The van der Waals surface area contributed by atoms with Crippen LogP contribution in [0, 0.1) is 0 Å². The van der Waals surface area contributed by atoms with Crippen molar-refractivity contribution in [3.05, 3.63) is 77.0 Å². The Morgan fingerprint density at radius 3 is 2.38 bits per heavy atom. The predicted octanol–water partition coefficient (Wildman–Crippen LogP) is 2.84. The van der Waals surface area contributed by atoms with Crippen LogP contribution in [0.1, 0.15) is 41.7 Å². The molecule has 0 aromatic heterocycles. The SMILES string of the molecule is CCOC(=O)C1=C(COC(=O)c2ccc(N3CCCC3=O)cc2)NC(=O)N[C@@H]1c1ccccc1. The number of anilines is 1. The second kappa shape index (κ2) is 10.2. The van der Waals surface area contributed by atoms with Gasteiger partial charge in [-0.1, -0.05) is 30.3 Å². The molecule has 2 aliphatic rings. The molecule has 0 saturated carbocycles. The van der Waals surface area contributed by atoms with Crippen molar-refractivity contribution < 1.29 is 28.7 Å². The zero-order chi connectivity index (χ0) is 24.1. The number of esters is 2. The molecular formula is C25H25N3O6. The lowest BCUT2D eigenvalue weighted by molar-refractivity contribution is -0.139. The van der Waals surface area contributed by atoms with E-state index in [9.17, 15) is 19.2 Å². The van der Waals surface area contributed by atoms with Crippen molar-refractivity contribution in [3.8, 4) is 0 Å². The number of urea groups is 1. The van der Waals surface area contributed by atoms with Gasteiger partial charge in [0.25, 0.3) is 0 Å². The highest BCUT2D eigenvalue weighted by Crippen LogP contribution is 2.28. The fourth-order valence-electron chi connectivity index (χ4n) is 4.00. The van der Waals surface area contributed by atoms with Crippen molar-refractivity contribution in [2.24, 2.45) is 0 Å². The molecule has 176 valence electrons. The number of ether oxygens (including phenoxy) is 2. The van der Waals surface area contributed by atoms with E-state index in [0.29, 0.717) is 18.5 Å². The number of nitrogens with one attached hydrogen (secondary N) is 2. The molecule has 34 heavy (non-hydrogen) atoms. The average molecular weight is 463 g/mol. The lowest BCUT2D eigenvalue weighted by Crippen LogP contribution is -2.47. The van der Waals surface area contributed by atoms with Gasteiger partial charge in [-0.15, -0.1) is 0 Å². The van der Waals surface area contributed by atoms with Crippen molar-refractivity contribution in [2.45, 2.75) is 25.8 Å². The third-order valence-corrected chi connectivity index (χ3v) is 5.62.